The average molecular weight is 297 g/mol. The van der Waals surface area contributed by atoms with Gasteiger partial charge in [-0.2, -0.15) is 0 Å². The van der Waals surface area contributed by atoms with E-state index in [1.165, 1.54) is 11.8 Å². The van der Waals surface area contributed by atoms with Crippen molar-refractivity contribution in [3.05, 3.63) is 17.1 Å². The maximum atomic E-state index is 12.3. The van der Waals surface area contributed by atoms with Crippen LogP contribution in [0.2, 0.25) is 0 Å². The summed E-state index contributed by atoms with van der Waals surface area (Å²) in [6.45, 7) is 5.35. The molecule has 1 aromatic rings. The molecule has 0 aromatic carbocycles. The number of aromatic nitrogens is 2. The first-order chi connectivity index (χ1) is 9.40. The third-order valence-corrected chi connectivity index (χ3v) is 3.45. The molecule has 1 aromatic heterocycles. The van der Waals surface area contributed by atoms with E-state index in [4.69, 9.17) is 5.11 Å². The van der Waals surface area contributed by atoms with Crippen LogP contribution < -0.4 is 5.32 Å². The molecule has 0 spiro atoms. The average Bonchev–Trinajstić information content (AvgIpc) is 2.36. The smallest absolute Gasteiger partial charge is 0.326 e. The zero-order valence-electron chi connectivity index (χ0n) is 12.1. The highest BCUT2D eigenvalue weighted by atomic mass is 32.2. The highest BCUT2D eigenvalue weighted by molar-refractivity contribution is 7.98. The fourth-order valence-electron chi connectivity index (χ4n) is 1.87. The van der Waals surface area contributed by atoms with Crippen molar-refractivity contribution in [3.63, 3.8) is 0 Å². The second-order valence-corrected chi connectivity index (χ2v) is 5.19. The maximum absolute atomic E-state index is 12.3. The summed E-state index contributed by atoms with van der Waals surface area (Å²) in [5.41, 5.74) is 0.908. The van der Waals surface area contributed by atoms with E-state index in [1.807, 2.05) is 13.2 Å². The topological polar surface area (TPSA) is 92.2 Å². The van der Waals surface area contributed by atoms with E-state index in [0.29, 0.717) is 34.9 Å². The number of carboxylic acids is 1. The van der Waals surface area contributed by atoms with Gasteiger partial charge < -0.3 is 10.4 Å². The van der Waals surface area contributed by atoms with Gasteiger partial charge in [0, 0.05) is 0 Å². The van der Waals surface area contributed by atoms with Gasteiger partial charge in [-0.05, 0) is 26.5 Å². The molecule has 2 N–H and O–H groups in total. The minimum Gasteiger partial charge on any atom is -0.480 e. The number of rotatable bonds is 6. The Morgan fingerprint density at radius 1 is 1.35 bits per heavy atom. The summed E-state index contributed by atoms with van der Waals surface area (Å²) in [7, 11) is 0. The van der Waals surface area contributed by atoms with Gasteiger partial charge in [0.1, 0.15) is 16.9 Å². The van der Waals surface area contributed by atoms with E-state index in [9.17, 15) is 9.59 Å². The Morgan fingerprint density at radius 3 is 2.50 bits per heavy atom. The molecule has 0 aliphatic carbocycles. The van der Waals surface area contributed by atoms with Crippen molar-refractivity contribution in [2.24, 2.45) is 0 Å². The van der Waals surface area contributed by atoms with Crippen LogP contribution in [0.25, 0.3) is 0 Å². The molecule has 1 rings (SSSR count). The third kappa shape index (κ3) is 3.93. The fourth-order valence-corrected chi connectivity index (χ4v) is 2.53. The molecule has 0 saturated carbocycles. The summed E-state index contributed by atoms with van der Waals surface area (Å²) < 4.78 is 0. The molecule has 1 heterocycles. The van der Waals surface area contributed by atoms with E-state index in [0.717, 1.165) is 0 Å². The number of aliphatic carboxylic acids is 1. The lowest BCUT2D eigenvalue weighted by Gasteiger charge is -2.15. The molecule has 7 heteroatoms. The molecular formula is C13H19N3O3S. The van der Waals surface area contributed by atoms with Gasteiger partial charge in [0.15, 0.2) is 0 Å². The molecule has 0 aliphatic heterocycles. The lowest BCUT2D eigenvalue weighted by Crippen LogP contribution is -2.41. The number of aryl methyl sites for hydroxylation is 2. The number of hydrogen-bond acceptors (Lipinski definition) is 5. The maximum Gasteiger partial charge on any atom is 0.326 e. The van der Waals surface area contributed by atoms with Crippen LogP contribution in [0.4, 0.5) is 0 Å². The molecule has 6 nitrogen and oxygen atoms in total. The van der Waals surface area contributed by atoms with Crippen molar-refractivity contribution in [1.29, 1.82) is 0 Å². The van der Waals surface area contributed by atoms with Gasteiger partial charge in [-0.1, -0.05) is 13.3 Å². The number of nitrogens with one attached hydrogen (secondary N) is 1. The summed E-state index contributed by atoms with van der Waals surface area (Å²) in [4.78, 5) is 31.8. The van der Waals surface area contributed by atoms with Crippen LogP contribution in [0.15, 0.2) is 5.03 Å². The standard InChI is InChI=1S/C13H19N3O3S/c1-5-6-9(13(18)19)16-11(17)10-7(2)14-8(3)15-12(10)20-4/h9H,5-6H2,1-4H3,(H,16,17)(H,18,19)/t9-/m0/s1. The Hall–Kier alpha value is -1.63. The predicted molar refractivity (Wildman–Crippen MR) is 77.1 cm³/mol. The van der Waals surface area contributed by atoms with Crippen molar-refractivity contribution in [2.45, 2.75) is 44.7 Å². The molecule has 1 atom stereocenters. The Morgan fingerprint density at radius 2 is 2.00 bits per heavy atom. The van der Waals surface area contributed by atoms with Gasteiger partial charge in [0.25, 0.3) is 5.91 Å². The largest absolute Gasteiger partial charge is 0.480 e. The number of amides is 1. The molecular weight excluding hydrogens is 278 g/mol. The number of carboxylic acid groups (broad SMARTS) is 1. The molecule has 20 heavy (non-hydrogen) atoms. The Balaban J connectivity index is 3.05. The number of nitrogens with zero attached hydrogens (tertiary/aromatic N) is 2. The number of carbonyl (C=O) groups is 2. The minimum atomic E-state index is -1.03. The highest BCUT2D eigenvalue weighted by Crippen LogP contribution is 2.20. The van der Waals surface area contributed by atoms with Gasteiger partial charge >= 0.3 is 5.97 Å². The normalized spacial score (nSPS) is 12.0. The van der Waals surface area contributed by atoms with Crippen molar-refractivity contribution >= 4 is 23.6 Å². The van der Waals surface area contributed by atoms with Gasteiger partial charge in [-0.25, -0.2) is 14.8 Å². The van der Waals surface area contributed by atoms with Crippen LogP contribution in [0.3, 0.4) is 0 Å². The number of carbonyl (C=O) groups excluding carboxylic acids is 1. The van der Waals surface area contributed by atoms with Gasteiger partial charge in [0.2, 0.25) is 0 Å². The number of thioether (sulfide) groups is 1. The van der Waals surface area contributed by atoms with Crippen molar-refractivity contribution in [1.82, 2.24) is 15.3 Å². The van der Waals surface area contributed by atoms with Crippen LogP contribution >= 0.6 is 11.8 Å². The lowest BCUT2D eigenvalue weighted by atomic mass is 10.1. The monoisotopic (exact) mass is 297 g/mol. The van der Waals surface area contributed by atoms with Crippen LogP contribution in [-0.2, 0) is 4.79 Å². The molecule has 0 aliphatic rings. The Kier molecular flexibility index (Phi) is 5.94. The van der Waals surface area contributed by atoms with E-state index in [1.54, 1.807) is 13.8 Å². The van der Waals surface area contributed by atoms with E-state index in [-0.39, 0.29) is 0 Å². The second-order valence-electron chi connectivity index (χ2n) is 4.39. The first kappa shape index (κ1) is 16.4. The molecule has 0 saturated heterocycles. The summed E-state index contributed by atoms with van der Waals surface area (Å²) in [5.74, 6) is -0.879. The molecule has 1 amide bonds. The van der Waals surface area contributed by atoms with Crippen molar-refractivity contribution in [3.8, 4) is 0 Å². The zero-order chi connectivity index (χ0) is 15.3. The number of hydrogen-bond donors (Lipinski definition) is 2. The predicted octanol–water partition coefficient (Wildman–Crippen LogP) is 1.80. The molecule has 110 valence electrons. The fraction of sp³-hybridized carbons (Fsp3) is 0.538. The van der Waals surface area contributed by atoms with Crippen LogP contribution in [-0.4, -0.2) is 39.2 Å². The van der Waals surface area contributed by atoms with Gasteiger partial charge in [-0.3, -0.25) is 4.79 Å². The first-order valence-corrected chi connectivity index (χ1v) is 7.56. The van der Waals surface area contributed by atoms with Crippen LogP contribution in [0, 0.1) is 13.8 Å². The van der Waals surface area contributed by atoms with Crippen LogP contribution in [0.5, 0.6) is 0 Å². The molecule has 0 unspecified atom stereocenters. The van der Waals surface area contributed by atoms with E-state index < -0.39 is 17.9 Å². The van der Waals surface area contributed by atoms with Crippen molar-refractivity contribution in [2.75, 3.05) is 6.26 Å². The van der Waals surface area contributed by atoms with Crippen LogP contribution in [0.1, 0.15) is 41.6 Å². The third-order valence-electron chi connectivity index (χ3n) is 2.77. The second kappa shape index (κ2) is 7.23. The lowest BCUT2D eigenvalue weighted by molar-refractivity contribution is -0.139. The van der Waals surface area contributed by atoms with Crippen molar-refractivity contribution < 1.29 is 14.7 Å². The quantitative estimate of drug-likeness (QED) is 0.614. The zero-order valence-corrected chi connectivity index (χ0v) is 12.9. The Bertz CT molecular complexity index is 520. The summed E-state index contributed by atoms with van der Waals surface area (Å²) in [6, 6.07) is -0.886. The summed E-state index contributed by atoms with van der Waals surface area (Å²) >= 11 is 1.34. The van der Waals surface area contributed by atoms with Gasteiger partial charge in [-0.15, -0.1) is 11.8 Å². The summed E-state index contributed by atoms with van der Waals surface area (Å²) in [6.07, 6.45) is 2.89. The van der Waals surface area contributed by atoms with E-state index in [2.05, 4.69) is 15.3 Å². The highest BCUT2D eigenvalue weighted by Gasteiger charge is 2.23. The summed E-state index contributed by atoms with van der Waals surface area (Å²) in [5, 5.41) is 12.2. The minimum absolute atomic E-state index is 0.352. The Labute approximate surface area is 122 Å². The van der Waals surface area contributed by atoms with Gasteiger partial charge in [0.05, 0.1) is 11.3 Å². The molecule has 0 bridgehead atoms. The first-order valence-electron chi connectivity index (χ1n) is 6.33. The molecule has 0 fully saturated rings. The molecule has 0 radical (unpaired) electrons. The van der Waals surface area contributed by atoms with E-state index >= 15 is 0 Å². The SMILES string of the molecule is CCC[C@H](NC(=O)c1c(C)nc(C)nc1SC)C(=O)O.